The molecule has 226 valence electrons. The minimum absolute atomic E-state index is 0.0360. The van der Waals surface area contributed by atoms with E-state index in [2.05, 4.69) is 4.98 Å². The van der Waals surface area contributed by atoms with Crippen LogP contribution in [0.5, 0.6) is 0 Å². The number of halogens is 2. The Morgan fingerprint density at radius 1 is 0.955 bits per heavy atom. The van der Waals surface area contributed by atoms with Crippen LogP contribution >= 0.6 is 11.3 Å². The first kappa shape index (κ1) is 29.4. The highest BCUT2D eigenvalue weighted by atomic mass is 32.1. The van der Waals surface area contributed by atoms with Crippen LogP contribution in [0, 0.1) is 11.6 Å². The third kappa shape index (κ3) is 5.31. The maximum Gasteiger partial charge on any atom is 0.337 e. The van der Waals surface area contributed by atoms with Gasteiger partial charge in [-0.05, 0) is 74.5 Å². The van der Waals surface area contributed by atoms with Gasteiger partial charge in [0.15, 0.2) is 0 Å². The van der Waals surface area contributed by atoms with Crippen LogP contribution in [-0.2, 0) is 17.9 Å². The van der Waals surface area contributed by atoms with Crippen LogP contribution in [0.3, 0.4) is 0 Å². The first-order valence-electron chi connectivity index (χ1n) is 14.2. The van der Waals surface area contributed by atoms with E-state index in [9.17, 15) is 23.2 Å². The van der Waals surface area contributed by atoms with Crippen molar-refractivity contribution in [3.63, 3.8) is 0 Å². The van der Waals surface area contributed by atoms with E-state index < -0.39 is 29.4 Å². The van der Waals surface area contributed by atoms with Crippen molar-refractivity contribution in [3.05, 3.63) is 104 Å². The van der Waals surface area contributed by atoms with Crippen molar-refractivity contribution in [2.24, 2.45) is 0 Å². The van der Waals surface area contributed by atoms with Gasteiger partial charge < -0.3 is 10.6 Å². The van der Waals surface area contributed by atoms with E-state index >= 15 is 0 Å². The number of carbonyl (C=O) groups is 1. The van der Waals surface area contributed by atoms with Crippen molar-refractivity contribution in [2.45, 2.75) is 32.4 Å². The third-order valence-corrected chi connectivity index (χ3v) is 8.99. The van der Waals surface area contributed by atoms with E-state index in [4.69, 9.17) is 5.73 Å². The lowest BCUT2D eigenvalue weighted by molar-refractivity contribution is -0.119. The molecule has 0 spiro atoms. The number of fused-ring (bicyclic) bond motifs is 1. The van der Waals surface area contributed by atoms with Gasteiger partial charge in [-0.3, -0.25) is 19.1 Å². The van der Waals surface area contributed by atoms with Gasteiger partial charge in [0.05, 0.1) is 23.8 Å². The fraction of sp³-hybridized carbons (Fsp3) is 0.250. The quantitative estimate of drug-likeness (QED) is 0.264. The van der Waals surface area contributed by atoms with Gasteiger partial charge in [0.2, 0.25) is 5.91 Å². The largest absolute Gasteiger partial charge is 0.399 e. The van der Waals surface area contributed by atoms with Crippen molar-refractivity contribution >= 4 is 39.0 Å². The van der Waals surface area contributed by atoms with Crippen LogP contribution in [0.4, 0.5) is 20.3 Å². The lowest BCUT2D eigenvalue weighted by Gasteiger charge is -2.25. The Bertz CT molecular complexity index is 1980. The Kier molecular flexibility index (Phi) is 7.87. The maximum absolute atomic E-state index is 14.9. The van der Waals surface area contributed by atoms with Gasteiger partial charge >= 0.3 is 5.69 Å². The zero-order valence-electron chi connectivity index (χ0n) is 24.2. The number of hydrogen-bond donors (Lipinski definition) is 1. The van der Waals surface area contributed by atoms with Gasteiger partial charge in [-0.2, -0.15) is 0 Å². The Morgan fingerprint density at radius 2 is 1.68 bits per heavy atom. The molecule has 1 aliphatic rings. The summed E-state index contributed by atoms with van der Waals surface area (Å²) in [4.78, 5) is 49.9. The summed E-state index contributed by atoms with van der Waals surface area (Å²) in [6, 6.07) is 13.9. The summed E-state index contributed by atoms with van der Waals surface area (Å²) >= 11 is 1.21. The Balaban J connectivity index is 1.62. The van der Waals surface area contributed by atoms with E-state index in [-0.39, 0.29) is 22.5 Å². The molecule has 3 aromatic heterocycles. The first-order valence-corrected chi connectivity index (χ1v) is 15.0. The number of rotatable bonds is 7. The van der Waals surface area contributed by atoms with Crippen molar-refractivity contribution in [1.82, 2.24) is 19.0 Å². The molecule has 2 N–H and O–H groups in total. The predicted octanol–water partition coefficient (Wildman–Crippen LogP) is 4.76. The summed E-state index contributed by atoms with van der Waals surface area (Å²) in [5.41, 5.74) is 6.49. The lowest BCUT2D eigenvalue weighted by Crippen LogP contribution is -2.39. The second-order valence-corrected chi connectivity index (χ2v) is 12.0. The number of thiophene rings is 1. The van der Waals surface area contributed by atoms with Gasteiger partial charge in [-0.25, -0.2) is 23.1 Å². The van der Waals surface area contributed by atoms with Crippen molar-refractivity contribution in [3.8, 4) is 16.1 Å². The molecule has 0 bridgehead atoms. The first-order chi connectivity index (χ1) is 21.1. The number of anilines is 2. The van der Waals surface area contributed by atoms with E-state index in [1.807, 2.05) is 31.1 Å². The molecule has 0 saturated carbocycles. The third-order valence-electron chi connectivity index (χ3n) is 7.69. The van der Waals surface area contributed by atoms with Crippen molar-refractivity contribution in [1.29, 1.82) is 0 Å². The van der Waals surface area contributed by atoms with Crippen molar-refractivity contribution < 1.29 is 13.6 Å². The van der Waals surface area contributed by atoms with Crippen LogP contribution in [0.2, 0.25) is 0 Å². The zero-order valence-corrected chi connectivity index (χ0v) is 25.0. The summed E-state index contributed by atoms with van der Waals surface area (Å²) in [5.74, 6) is -1.21. The normalized spacial score (nSPS) is 13.8. The molecule has 1 fully saturated rings. The molecular formula is C32H30F2N6O3S. The Hall–Kier alpha value is -4.68. The SMILES string of the molecule is CN(C)Cc1c(-c2ccc(N)cc2)sc2c1c(=O)n(-c1ccc(N3CCCCC3=O)nc1)c(=O)n2Cc1c(F)cccc1F. The molecule has 0 atom stereocenters. The number of benzene rings is 2. The summed E-state index contributed by atoms with van der Waals surface area (Å²) in [7, 11) is 3.73. The number of nitrogens with two attached hydrogens (primary N) is 1. The number of pyridine rings is 1. The number of carbonyl (C=O) groups excluding carboxylic acids is 1. The fourth-order valence-electron chi connectivity index (χ4n) is 5.53. The second kappa shape index (κ2) is 11.8. The molecule has 44 heavy (non-hydrogen) atoms. The minimum Gasteiger partial charge on any atom is -0.399 e. The Labute approximate surface area is 255 Å². The summed E-state index contributed by atoms with van der Waals surface area (Å²) in [6.07, 6.45) is 3.48. The number of amides is 1. The van der Waals surface area contributed by atoms with Crippen LogP contribution in [0.1, 0.15) is 30.4 Å². The number of piperidine rings is 1. The molecule has 0 unspecified atom stereocenters. The minimum atomic E-state index is -0.802. The van der Waals surface area contributed by atoms with E-state index in [0.717, 1.165) is 40.0 Å². The molecule has 6 rings (SSSR count). The standard InChI is InChI=1S/C32H30F2N6O3S/c1-37(2)17-23-28-30(42)40(21-13-14-26(36-16-21)38-15-4-3-8-27(38)41)32(43)39(18-22-24(33)6-5-7-25(22)34)31(28)44-29(23)19-9-11-20(35)12-10-19/h5-7,9-14,16H,3-4,8,15,17-18,35H2,1-2H3. The van der Waals surface area contributed by atoms with E-state index in [1.54, 1.807) is 29.2 Å². The zero-order chi connectivity index (χ0) is 31.1. The lowest BCUT2D eigenvalue weighted by atomic mass is 10.1. The average Bonchev–Trinajstić information content (AvgIpc) is 3.36. The number of aromatic nitrogens is 3. The highest BCUT2D eigenvalue weighted by Crippen LogP contribution is 2.38. The van der Waals surface area contributed by atoms with Crippen LogP contribution in [0.25, 0.3) is 26.3 Å². The van der Waals surface area contributed by atoms with Gasteiger partial charge in [-0.15, -0.1) is 11.3 Å². The number of nitrogen functional groups attached to an aromatic ring is 1. The monoisotopic (exact) mass is 616 g/mol. The van der Waals surface area contributed by atoms with Crippen LogP contribution < -0.4 is 21.9 Å². The molecule has 0 aliphatic carbocycles. The fourth-order valence-corrected chi connectivity index (χ4v) is 6.83. The highest BCUT2D eigenvalue weighted by Gasteiger charge is 2.26. The van der Waals surface area contributed by atoms with Gasteiger partial charge in [0, 0.05) is 35.6 Å². The maximum atomic E-state index is 14.9. The second-order valence-electron chi connectivity index (χ2n) is 11.0. The molecule has 2 aromatic carbocycles. The summed E-state index contributed by atoms with van der Waals surface area (Å²) in [6.45, 7) is 0.454. The predicted molar refractivity (Wildman–Crippen MR) is 168 cm³/mol. The summed E-state index contributed by atoms with van der Waals surface area (Å²) in [5, 5.41) is 0.266. The van der Waals surface area contributed by atoms with Gasteiger partial charge in [0.25, 0.3) is 5.56 Å². The number of hydrogen-bond acceptors (Lipinski definition) is 7. The topological polar surface area (TPSA) is 106 Å². The smallest absolute Gasteiger partial charge is 0.337 e. The van der Waals surface area contributed by atoms with Crippen LogP contribution in [0.15, 0.2) is 70.4 Å². The van der Waals surface area contributed by atoms with Gasteiger partial charge in [0.1, 0.15) is 22.3 Å². The molecule has 4 heterocycles. The van der Waals surface area contributed by atoms with E-state index in [0.29, 0.717) is 41.4 Å². The molecule has 1 saturated heterocycles. The van der Waals surface area contributed by atoms with Crippen molar-refractivity contribution in [2.75, 3.05) is 31.3 Å². The highest BCUT2D eigenvalue weighted by molar-refractivity contribution is 7.22. The molecule has 1 amide bonds. The Morgan fingerprint density at radius 3 is 2.32 bits per heavy atom. The molecular weight excluding hydrogens is 586 g/mol. The number of nitrogens with zero attached hydrogens (tertiary/aromatic N) is 5. The van der Waals surface area contributed by atoms with Gasteiger partial charge in [-0.1, -0.05) is 18.2 Å². The molecule has 9 nitrogen and oxygen atoms in total. The summed E-state index contributed by atoms with van der Waals surface area (Å²) < 4.78 is 32.0. The molecule has 0 radical (unpaired) electrons. The van der Waals surface area contributed by atoms with Crippen LogP contribution in [-0.4, -0.2) is 45.6 Å². The van der Waals surface area contributed by atoms with E-state index in [1.165, 1.54) is 28.2 Å². The molecule has 12 heteroatoms. The molecule has 1 aliphatic heterocycles. The molecule has 5 aromatic rings. The average molecular weight is 617 g/mol.